The highest BCUT2D eigenvalue weighted by atomic mass is 16.2. The zero-order chi connectivity index (χ0) is 19.3. The van der Waals surface area contributed by atoms with E-state index in [9.17, 15) is 4.79 Å². The summed E-state index contributed by atoms with van der Waals surface area (Å²) in [7, 11) is 0. The summed E-state index contributed by atoms with van der Waals surface area (Å²) in [5, 5.41) is 3.02. The number of imidazole rings is 1. The lowest BCUT2D eigenvalue weighted by atomic mass is 10.2. The van der Waals surface area contributed by atoms with E-state index < -0.39 is 0 Å². The maximum atomic E-state index is 12.5. The largest absolute Gasteiger partial charge is 0.342 e. The fourth-order valence-electron chi connectivity index (χ4n) is 3.47. The third-order valence-electron chi connectivity index (χ3n) is 4.94. The average Bonchev–Trinajstić information content (AvgIpc) is 2.94. The highest BCUT2D eigenvalue weighted by molar-refractivity contribution is 5.76. The van der Waals surface area contributed by atoms with Crippen LogP contribution in [-0.2, 0) is 6.42 Å². The van der Waals surface area contributed by atoms with Crippen LogP contribution >= 0.6 is 0 Å². The molecule has 1 saturated heterocycles. The summed E-state index contributed by atoms with van der Waals surface area (Å²) in [4.78, 5) is 33.0. The number of H-pyrrole nitrogens is 1. The topological polar surface area (TPSA) is 90.0 Å². The van der Waals surface area contributed by atoms with E-state index in [1.165, 1.54) is 5.56 Å². The Hall–Kier alpha value is -3.16. The first-order chi connectivity index (χ1) is 13.7. The number of hydrogen-bond acceptors (Lipinski definition) is 5. The van der Waals surface area contributed by atoms with Crippen LogP contribution in [0, 0.1) is 6.92 Å². The molecule has 2 amide bonds. The number of aryl methyl sites for hydroxylation is 1. The van der Waals surface area contributed by atoms with Gasteiger partial charge in [-0.3, -0.25) is 0 Å². The van der Waals surface area contributed by atoms with Crippen molar-refractivity contribution in [3.05, 3.63) is 48.0 Å². The monoisotopic (exact) mass is 379 g/mol. The first-order valence-corrected chi connectivity index (χ1v) is 9.69. The Balaban J connectivity index is 1.27. The van der Waals surface area contributed by atoms with E-state index in [1.54, 1.807) is 12.4 Å². The van der Waals surface area contributed by atoms with Gasteiger partial charge in [-0.2, -0.15) is 0 Å². The lowest BCUT2D eigenvalue weighted by molar-refractivity contribution is 0.201. The standard InChI is InChI=1S/C20H25N7O/c1-15-4-5-16-17(14-15)25-18(24-16)6-9-23-20(28)27-11-3-10-26(12-13-27)19-21-7-2-8-22-19/h2,4-5,7-8,14H,3,6,9-13H2,1H3,(H,23,28)(H,24,25). The third-order valence-corrected chi connectivity index (χ3v) is 4.94. The fourth-order valence-corrected chi connectivity index (χ4v) is 3.47. The van der Waals surface area contributed by atoms with Crippen LogP contribution in [0.2, 0.25) is 0 Å². The molecular formula is C20H25N7O. The molecule has 8 heteroatoms. The first-order valence-electron chi connectivity index (χ1n) is 9.69. The summed E-state index contributed by atoms with van der Waals surface area (Å²) in [6.45, 7) is 5.60. The van der Waals surface area contributed by atoms with E-state index in [-0.39, 0.29) is 6.03 Å². The molecule has 1 aromatic carbocycles. The first kappa shape index (κ1) is 18.2. The molecule has 146 valence electrons. The number of fused-ring (bicyclic) bond motifs is 1. The summed E-state index contributed by atoms with van der Waals surface area (Å²) in [6, 6.07) is 7.94. The molecule has 2 N–H and O–H groups in total. The second-order valence-electron chi connectivity index (χ2n) is 7.06. The molecule has 1 aliphatic heterocycles. The summed E-state index contributed by atoms with van der Waals surface area (Å²) >= 11 is 0. The number of aromatic nitrogens is 4. The molecule has 0 spiro atoms. The van der Waals surface area contributed by atoms with Gasteiger partial charge in [-0.15, -0.1) is 0 Å². The van der Waals surface area contributed by atoms with Crippen LogP contribution in [0.1, 0.15) is 17.8 Å². The number of benzene rings is 1. The molecule has 0 aliphatic carbocycles. The molecule has 8 nitrogen and oxygen atoms in total. The summed E-state index contributed by atoms with van der Waals surface area (Å²) in [5.41, 5.74) is 3.20. The maximum Gasteiger partial charge on any atom is 0.317 e. The van der Waals surface area contributed by atoms with Crippen LogP contribution < -0.4 is 10.2 Å². The van der Waals surface area contributed by atoms with E-state index >= 15 is 0 Å². The Morgan fingerprint density at radius 1 is 1.18 bits per heavy atom. The number of aromatic amines is 1. The Morgan fingerprint density at radius 3 is 2.89 bits per heavy atom. The van der Waals surface area contributed by atoms with Gasteiger partial charge in [-0.05, 0) is 37.1 Å². The van der Waals surface area contributed by atoms with Gasteiger partial charge in [-0.1, -0.05) is 6.07 Å². The van der Waals surface area contributed by atoms with Crippen molar-refractivity contribution < 1.29 is 4.79 Å². The minimum absolute atomic E-state index is 0.0252. The number of hydrogen-bond donors (Lipinski definition) is 2. The molecule has 0 saturated carbocycles. The Kier molecular flexibility index (Phi) is 5.36. The number of nitrogens with zero attached hydrogens (tertiary/aromatic N) is 5. The number of carbonyl (C=O) groups is 1. The molecule has 1 fully saturated rings. The van der Waals surface area contributed by atoms with Crippen LogP contribution in [0.15, 0.2) is 36.7 Å². The van der Waals surface area contributed by atoms with Crippen molar-refractivity contribution in [3.8, 4) is 0 Å². The van der Waals surface area contributed by atoms with Crippen LogP contribution in [-0.4, -0.2) is 63.6 Å². The van der Waals surface area contributed by atoms with E-state index in [0.29, 0.717) is 19.5 Å². The molecule has 4 rings (SSSR count). The molecule has 1 aliphatic rings. The number of rotatable bonds is 4. The molecule has 3 heterocycles. The maximum absolute atomic E-state index is 12.5. The van der Waals surface area contributed by atoms with Crippen molar-refractivity contribution in [3.63, 3.8) is 0 Å². The molecule has 2 aromatic heterocycles. The van der Waals surface area contributed by atoms with Crippen molar-refractivity contribution in [2.24, 2.45) is 0 Å². The summed E-state index contributed by atoms with van der Waals surface area (Å²) < 4.78 is 0. The van der Waals surface area contributed by atoms with Crippen molar-refractivity contribution in [1.29, 1.82) is 0 Å². The number of nitrogens with one attached hydrogen (secondary N) is 2. The lowest BCUT2D eigenvalue weighted by Crippen LogP contribution is -2.42. The summed E-state index contributed by atoms with van der Waals surface area (Å²) in [6.07, 6.45) is 5.07. The van der Waals surface area contributed by atoms with E-state index in [4.69, 9.17) is 0 Å². The molecule has 0 unspecified atom stereocenters. The Bertz CT molecular complexity index is 940. The second-order valence-corrected chi connectivity index (χ2v) is 7.06. The summed E-state index contributed by atoms with van der Waals surface area (Å²) in [5.74, 6) is 1.62. The number of urea groups is 1. The smallest absolute Gasteiger partial charge is 0.317 e. The van der Waals surface area contributed by atoms with Gasteiger partial charge in [0, 0.05) is 51.5 Å². The SMILES string of the molecule is Cc1ccc2nc(CCNC(=O)N3CCCN(c4ncccn4)CC3)[nH]c2c1. The van der Waals surface area contributed by atoms with E-state index in [2.05, 4.69) is 49.2 Å². The lowest BCUT2D eigenvalue weighted by Gasteiger charge is -2.22. The van der Waals surface area contributed by atoms with Gasteiger partial charge in [0.2, 0.25) is 5.95 Å². The molecule has 0 bridgehead atoms. The fraction of sp³-hybridized carbons (Fsp3) is 0.400. The zero-order valence-corrected chi connectivity index (χ0v) is 16.1. The van der Waals surface area contributed by atoms with Gasteiger partial charge >= 0.3 is 6.03 Å². The average molecular weight is 379 g/mol. The number of amides is 2. The van der Waals surface area contributed by atoms with Crippen LogP contribution in [0.5, 0.6) is 0 Å². The van der Waals surface area contributed by atoms with E-state index in [0.717, 1.165) is 48.9 Å². The van der Waals surface area contributed by atoms with Gasteiger partial charge in [0.05, 0.1) is 11.0 Å². The predicted octanol–water partition coefficient (Wildman–Crippen LogP) is 2.13. The number of anilines is 1. The van der Waals surface area contributed by atoms with Crippen molar-refractivity contribution >= 4 is 23.0 Å². The van der Waals surface area contributed by atoms with Crippen molar-refractivity contribution in [2.75, 3.05) is 37.6 Å². The van der Waals surface area contributed by atoms with Crippen LogP contribution in [0.3, 0.4) is 0 Å². The van der Waals surface area contributed by atoms with Crippen LogP contribution in [0.4, 0.5) is 10.7 Å². The van der Waals surface area contributed by atoms with Gasteiger partial charge in [-0.25, -0.2) is 19.7 Å². The normalized spacial score (nSPS) is 14.9. The predicted molar refractivity (Wildman–Crippen MR) is 108 cm³/mol. The minimum Gasteiger partial charge on any atom is -0.342 e. The van der Waals surface area contributed by atoms with Crippen molar-refractivity contribution in [1.82, 2.24) is 30.2 Å². The highest BCUT2D eigenvalue weighted by Crippen LogP contribution is 2.13. The van der Waals surface area contributed by atoms with E-state index in [1.807, 2.05) is 17.0 Å². The zero-order valence-electron chi connectivity index (χ0n) is 16.1. The van der Waals surface area contributed by atoms with Crippen LogP contribution in [0.25, 0.3) is 11.0 Å². The van der Waals surface area contributed by atoms with Gasteiger partial charge in [0.25, 0.3) is 0 Å². The van der Waals surface area contributed by atoms with Gasteiger partial charge in [0.15, 0.2) is 0 Å². The number of carbonyl (C=O) groups excluding carboxylic acids is 1. The Morgan fingerprint density at radius 2 is 2.04 bits per heavy atom. The molecule has 28 heavy (non-hydrogen) atoms. The highest BCUT2D eigenvalue weighted by Gasteiger charge is 2.20. The van der Waals surface area contributed by atoms with Gasteiger partial charge in [0.1, 0.15) is 5.82 Å². The molecular weight excluding hydrogens is 354 g/mol. The molecule has 0 atom stereocenters. The van der Waals surface area contributed by atoms with Gasteiger partial charge < -0.3 is 20.1 Å². The second kappa shape index (κ2) is 8.24. The minimum atomic E-state index is -0.0252. The molecule has 0 radical (unpaired) electrons. The third kappa shape index (κ3) is 4.21. The molecule has 3 aromatic rings. The van der Waals surface area contributed by atoms with Crippen molar-refractivity contribution in [2.45, 2.75) is 19.8 Å². The Labute approximate surface area is 164 Å². The quantitative estimate of drug-likeness (QED) is 0.725.